The Bertz CT molecular complexity index is 704. The molecule has 0 saturated carbocycles. The van der Waals surface area contributed by atoms with Crippen molar-refractivity contribution in [1.82, 2.24) is 9.80 Å². The SMILES string of the molecule is CC(C)N1CCN(C(=O)c2ccc(COc3ccc(Br)cc3)o2)CC1. The Morgan fingerprint density at radius 2 is 1.80 bits per heavy atom. The summed E-state index contributed by atoms with van der Waals surface area (Å²) >= 11 is 3.39. The Balaban J connectivity index is 1.54. The summed E-state index contributed by atoms with van der Waals surface area (Å²) in [5, 5.41) is 0. The zero-order valence-electron chi connectivity index (χ0n) is 14.6. The molecule has 3 rings (SSSR count). The maximum absolute atomic E-state index is 12.6. The average Bonchev–Trinajstić information content (AvgIpc) is 3.10. The molecule has 2 heterocycles. The number of ether oxygens (including phenoxy) is 1. The van der Waals surface area contributed by atoms with Crippen molar-refractivity contribution in [3.05, 3.63) is 52.4 Å². The van der Waals surface area contributed by atoms with E-state index in [1.54, 1.807) is 12.1 Å². The van der Waals surface area contributed by atoms with Gasteiger partial charge in [-0.05, 0) is 50.2 Å². The Morgan fingerprint density at radius 3 is 2.44 bits per heavy atom. The average molecular weight is 407 g/mol. The summed E-state index contributed by atoms with van der Waals surface area (Å²) in [5.41, 5.74) is 0. The molecule has 0 bridgehead atoms. The summed E-state index contributed by atoms with van der Waals surface area (Å²) in [5.74, 6) is 1.75. The van der Waals surface area contributed by atoms with Gasteiger partial charge in [0.1, 0.15) is 18.1 Å². The summed E-state index contributed by atoms with van der Waals surface area (Å²) in [6.45, 7) is 7.96. The fraction of sp³-hybridized carbons (Fsp3) is 0.421. The summed E-state index contributed by atoms with van der Waals surface area (Å²) in [6, 6.07) is 11.7. The molecule has 0 spiro atoms. The standard InChI is InChI=1S/C19H23BrN2O3/c1-14(2)21-9-11-22(12-10-21)19(23)18-8-7-17(25-18)13-24-16-5-3-15(20)4-6-16/h3-8,14H,9-13H2,1-2H3. The molecule has 0 atom stereocenters. The molecule has 0 aliphatic carbocycles. The lowest BCUT2D eigenvalue weighted by Gasteiger charge is -2.36. The molecule has 1 saturated heterocycles. The molecule has 1 aliphatic heterocycles. The van der Waals surface area contributed by atoms with Crippen LogP contribution in [0.1, 0.15) is 30.2 Å². The highest BCUT2D eigenvalue weighted by Gasteiger charge is 2.25. The quantitative estimate of drug-likeness (QED) is 0.757. The third kappa shape index (κ3) is 4.64. The fourth-order valence-corrected chi connectivity index (χ4v) is 3.12. The highest BCUT2D eigenvalue weighted by Crippen LogP contribution is 2.19. The molecule has 1 aromatic heterocycles. The predicted octanol–water partition coefficient (Wildman–Crippen LogP) is 3.79. The Hall–Kier alpha value is -1.79. The smallest absolute Gasteiger partial charge is 0.289 e. The molecule has 1 amide bonds. The molecule has 134 valence electrons. The molecule has 6 heteroatoms. The molecule has 1 aliphatic rings. The van der Waals surface area contributed by atoms with Crippen molar-refractivity contribution in [3.63, 3.8) is 0 Å². The highest BCUT2D eigenvalue weighted by atomic mass is 79.9. The van der Waals surface area contributed by atoms with E-state index in [-0.39, 0.29) is 5.91 Å². The molecule has 2 aromatic rings. The van der Waals surface area contributed by atoms with Gasteiger partial charge in [-0.1, -0.05) is 15.9 Å². The minimum atomic E-state index is -0.0432. The largest absolute Gasteiger partial charge is 0.486 e. The van der Waals surface area contributed by atoms with Crippen LogP contribution in [0.5, 0.6) is 5.75 Å². The Kier molecular flexibility index (Phi) is 5.81. The molecular formula is C19H23BrN2O3. The molecule has 1 aromatic carbocycles. The van der Waals surface area contributed by atoms with Gasteiger partial charge in [0, 0.05) is 36.7 Å². The van der Waals surface area contributed by atoms with Crippen LogP contribution in [-0.4, -0.2) is 47.9 Å². The van der Waals surface area contributed by atoms with E-state index < -0.39 is 0 Å². The van der Waals surface area contributed by atoms with E-state index in [1.807, 2.05) is 29.2 Å². The molecule has 0 radical (unpaired) electrons. The number of carbonyl (C=O) groups excluding carboxylic acids is 1. The van der Waals surface area contributed by atoms with Crippen LogP contribution in [-0.2, 0) is 6.61 Å². The fourth-order valence-electron chi connectivity index (χ4n) is 2.85. The van der Waals surface area contributed by atoms with Gasteiger partial charge in [-0.15, -0.1) is 0 Å². The van der Waals surface area contributed by atoms with E-state index in [1.165, 1.54) is 0 Å². The minimum absolute atomic E-state index is 0.0432. The Morgan fingerprint density at radius 1 is 1.12 bits per heavy atom. The molecule has 0 N–H and O–H groups in total. The van der Waals surface area contributed by atoms with E-state index in [2.05, 4.69) is 34.7 Å². The minimum Gasteiger partial charge on any atom is -0.486 e. The maximum Gasteiger partial charge on any atom is 0.289 e. The zero-order valence-corrected chi connectivity index (χ0v) is 16.2. The third-order valence-electron chi connectivity index (χ3n) is 4.40. The molecule has 5 nitrogen and oxygen atoms in total. The van der Waals surface area contributed by atoms with Crippen LogP contribution in [0.15, 0.2) is 45.3 Å². The van der Waals surface area contributed by atoms with E-state index in [9.17, 15) is 4.79 Å². The van der Waals surface area contributed by atoms with Crippen LogP contribution in [0, 0.1) is 0 Å². The van der Waals surface area contributed by atoms with Crippen LogP contribution in [0.3, 0.4) is 0 Å². The first-order valence-corrected chi connectivity index (χ1v) is 9.32. The van der Waals surface area contributed by atoms with Crippen LogP contribution in [0.2, 0.25) is 0 Å². The summed E-state index contributed by atoms with van der Waals surface area (Å²) in [7, 11) is 0. The number of nitrogens with zero attached hydrogens (tertiary/aromatic N) is 2. The topological polar surface area (TPSA) is 45.9 Å². The lowest BCUT2D eigenvalue weighted by molar-refractivity contribution is 0.0562. The first kappa shape index (κ1) is 18.0. The number of benzene rings is 1. The maximum atomic E-state index is 12.6. The van der Waals surface area contributed by atoms with Crippen LogP contribution in [0.25, 0.3) is 0 Å². The van der Waals surface area contributed by atoms with Gasteiger partial charge < -0.3 is 14.1 Å². The number of piperazine rings is 1. The number of carbonyl (C=O) groups is 1. The first-order valence-electron chi connectivity index (χ1n) is 8.53. The number of halogens is 1. The van der Waals surface area contributed by atoms with Crippen molar-refractivity contribution >= 4 is 21.8 Å². The summed E-state index contributed by atoms with van der Waals surface area (Å²) in [6.07, 6.45) is 0. The van der Waals surface area contributed by atoms with Gasteiger partial charge in [-0.3, -0.25) is 9.69 Å². The van der Waals surface area contributed by atoms with E-state index in [0.717, 1.165) is 36.4 Å². The second-order valence-electron chi connectivity index (χ2n) is 6.43. The van der Waals surface area contributed by atoms with Gasteiger partial charge in [0.15, 0.2) is 5.76 Å². The van der Waals surface area contributed by atoms with Gasteiger partial charge in [0.05, 0.1) is 0 Å². The summed E-state index contributed by atoms with van der Waals surface area (Å²) in [4.78, 5) is 16.8. The van der Waals surface area contributed by atoms with Crippen molar-refractivity contribution in [2.24, 2.45) is 0 Å². The number of furan rings is 1. The van der Waals surface area contributed by atoms with E-state index in [4.69, 9.17) is 9.15 Å². The second-order valence-corrected chi connectivity index (χ2v) is 7.35. The molecule has 25 heavy (non-hydrogen) atoms. The third-order valence-corrected chi connectivity index (χ3v) is 4.93. The van der Waals surface area contributed by atoms with Gasteiger partial charge in [0.25, 0.3) is 5.91 Å². The number of hydrogen-bond donors (Lipinski definition) is 0. The monoisotopic (exact) mass is 406 g/mol. The molecule has 0 unspecified atom stereocenters. The van der Waals surface area contributed by atoms with Crippen molar-refractivity contribution in [1.29, 1.82) is 0 Å². The van der Waals surface area contributed by atoms with Gasteiger partial charge in [-0.25, -0.2) is 0 Å². The first-order chi connectivity index (χ1) is 12.0. The normalized spacial score (nSPS) is 15.6. The van der Waals surface area contributed by atoms with Crippen LogP contribution >= 0.6 is 15.9 Å². The predicted molar refractivity (Wildman–Crippen MR) is 99.8 cm³/mol. The summed E-state index contributed by atoms with van der Waals surface area (Å²) < 4.78 is 12.4. The van der Waals surface area contributed by atoms with Crippen molar-refractivity contribution in [2.75, 3.05) is 26.2 Å². The van der Waals surface area contributed by atoms with Crippen molar-refractivity contribution in [2.45, 2.75) is 26.5 Å². The molecule has 1 fully saturated rings. The second kappa shape index (κ2) is 8.06. The lowest BCUT2D eigenvalue weighted by atomic mass is 10.2. The van der Waals surface area contributed by atoms with Crippen LogP contribution < -0.4 is 4.74 Å². The number of amides is 1. The van der Waals surface area contributed by atoms with Gasteiger partial charge in [0.2, 0.25) is 0 Å². The zero-order chi connectivity index (χ0) is 17.8. The Labute approximate surface area is 156 Å². The van der Waals surface area contributed by atoms with E-state index >= 15 is 0 Å². The van der Waals surface area contributed by atoms with Crippen LogP contribution in [0.4, 0.5) is 0 Å². The highest BCUT2D eigenvalue weighted by molar-refractivity contribution is 9.10. The van der Waals surface area contributed by atoms with Crippen molar-refractivity contribution < 1.29 is 13.9 Å². The number of hydrogen-bond acceptors (Lipinski definition) is 4. The van der Waals surface area contributed by atoms with Gasteiger partial charge >= 0.3 is 0 Å². The lowest BCUT2D eigenvalue weighted by Crippen LogP contribution is -2.50. The number of rotatable bonds is 5. The van der Waals surface area contributed by atoms with Gasteiger partial charge in [-0.2, -0.15) is 0 Å². The molecular weight excluding hydrogens is 384 g/mol. The van der Waals surface area contributed by atoms with E-state index in [0.29, 0.717) is 24.2 Å². The van der Waals surface area contributed by atoms with Crippen molar-refractivity contribution in [3.8, 4) is 5.75 Å².